The van der Waals surface area contributed by atoms with E-state index in [1.165, 1.54) is 12.1 Å². The molecule has 1 amide bonds. The summed E-state index contributed by atoms with van der Waals surface area (Å²) in [5, 5.41) is 5.56. The van der Waals surface area contributed by atoms with Gasteiger partial charge in [-0.05, 0) is 115 Å². The smallest absolute Gasteiger partial charge is 0.261 e. The van der Waals surface area contributed by atoms with Crippen LogP contribution >= 0.6 is 28.1 Å². The molecule has 0 heterocycles. The van der Waals surface area contributed by atoms with Crippen molar-refractivity contribution in [3.63, 3.8) is 0 Å². The van der Waals surface area contributed by atoms with Crippen LogP contribution in [-0.2, 0) is 10.0 Å². The van der Waals surface area contributed by atoms with E-state index in [1.807, 2.05) is 26.8 Å². The van der Waals surface area contributed by atoms with Crippen molar-refractivity contribution in [2.24, 2.45) is 0 Å². The fraction of sp³-hybridized carbons (Fsp3) is 0.167. The summed E-state index contributed by atoms with van der Waals surface area (Å²) >= 11 is 8.60. The minimum atomic E-state index is -3.75. The Bertz CT molecular complexity index is 1330. The van der Waals surface area contributed by atoms with E-state index in [4.69, 9.17) is 17.0 Å². The van der Waals surface area contributed by atoms with Gasteiger partial charge in [-0.3, -0.25) is 14.8 Å². The highest BCUT2D eigenvalue weighted by Gasteiger charge is 2.15. The lowest BCUT2D eigenvalue weighted by Gasteiger charge is -2.12. The second-order valence-corrected chi connectivity index (χ2v) is 10.4. The number of nitrogens with one attached hydrogen (secondary N) is 3. The van der Waals surface area contributed by atoms with Crippen LogP contribution < -0.4 is 20.1 Å². The van der Waals surface area contributed by atoms with Gasteiger partial charge >= 0.3 is 0 Å². The number of anilines is 2. The molecular formula is C24H24BrN3O4S2. The van der Waals surface area contributed by atoms with Gasteiger partial charge in [0.05, 0.1) is 16.0 Å². The lowest BCUT2D eigenvalue weighted by Crippen LogP contribution is -2.34. The van der Waals surface area contributed by atoms with Crippen LogP contribution in [-0.4, -0.2) is 26.0 Å². The van der Waals surface area contributed by atoms with E-state index in [9.17, 15) is 13.2 Å². The van der Waals surface area contributed by atoms with Gasteiger partial charge in [0.2, 0.25) is 0 Å². The molecule has 3 rings (SSSR count). The maximum Gasteiger partial charge on any atom is 0.261 e. The Morgan fingerprint density at radius 1 is 0.971 bits per heavy atom. The zero-order valence-corrected chi connectivity index (χ0v) is 22.0. The molecule has 3 aromatic rings. The molecule has 0 radical (unpaired) electrons. The van der Waals surface area contributed by atoms with Gasteiger partial charge in [-0.2, -0.15) is 0 Å². The van der Waals surface area contributed by atoms with Crippen molar-refractivity contribution in [1.29, 1.82) is 0 Å². The number of carbonyl (C=O) groups is 1. The van der Waals surface area contributed by atoms with E-state index in [-0.39, 0.29) is 10.0 Å². The van der Waals surface area contributed by atoms with Gasteiger partial charge < -0.3 is 10.1 Å². The summed E-state index contributed by atoms with van der Waals surface area (Å²) in [6.07, 6.45) is 0. The minimum Gasteiger partial charge on any atom is -0.493 e. The topological polar surface area (TPSA) is 96.5 Å². The molecule has 0 fully saturated rings. The third kappa shape index (κ3) is 6.55. The standard InChI is InChI=1S/C24H24BrN3O4S2/c1-4-32-22-12-6-17(14-21(22)25)23(29)27-24(33)26-18-8-10-20(11-9-18)34(30,31)28-19-7-5-15(2)16(3)13-19/h5-14,28H,4H2,1-3H3,(H2,26,27,29,33). The first-order chi connectivity index (χ1) is 16.1. The Labute approximate surface area is 213 Å². The molecular weight excluding hydrogens is 538 g/mol. The highest BCUT2D eigenvalue weighted by molar-refractivity contribution is 9.10. The summed E-state index contributed by atoms with van der Waals surface area (Å²) in [6.45, 7) is 6.27. The Kier molecular flexibility index (Phi) is 8.29. The summed E-state index contributed by atoms with van der Waals surface area (Å²) in [5.74, 6) is 0.250. The van der Waals surface area contributed by atoms with Crippen LogP contribution in [0.1, 0.15) is 28.4 Å². The fourth-order valence-electron chi connectivity index (χ4n) is 2.99. The maximum absolute atomic E-state index is 12.7. The molecule has 0 bridgehead atoms. The Hall–Kier alpha value is -2.95. The van der Waals surface area contributed by atoms with Crippen LogP contribution in [0.5, 0.6) is 5.75 Å². The number of rotatable bonds is 7. The predicted octanol–water partition coefficient (Wildman–Crippen LogP) is 5.39. The second-order valence-electron chi connectivity index (χ2n) is 7.42. The fourth-order valence-corrected chi connectivity index (χ4v) is 4.74. The zero-order chi connectivity index (χ0) is 24.9. The van der Waals surface area contributed by atoms with E-state index in [0.717, 1.165) is 11.1 Å². The molecule has 178 valence electrons. The molecule has 3 N–H and O–H groups in total. The average Bonchev–Trinajstić information content (AvgIpc) is 2.78. The van der Waals surface area contributed by atoms with Crippen molar-refractivity contribution in [3.05, 3.63) is 81.8 Å². The Morgan fingerprint density at radius 2 is 1.65 bits per heavy atom. The maximum atomic E-state index is 12.7. The largest absolute Gasteiger partial charge is 0.493 e. The van der Waals surface area contributed by atoms with Crippen LogP contribution in [0.15, 0.2) is 70.0 Å². The number of sulfonamides is 1. The monoisotopic (exact) mass is 561 g/mol. The van der Waals surface area contributed by atoms with Crippen molar-refractivity contribution < 1.29 is 17.9 Å². The van der Waals surface area contributed by atoms with E-state index >= 15 is 0 Å². The van der Waals surface area contributed by atoms with Crippen LogP contribution in [0, 0.1) is 13.8 Å². The van der Waals surface area contributed by atoms with Gasteiger partial charge in [0.15, 0.2) is 5.11 Å². The van der Waals surface area contributed by atoms with Crippen molar-refractivity contribution >= 4 is 60.6 Å². The van der Waals surface area contributed by atoms with E-state index in [0.29, 0.717) is 33.8 Å². The minimum absolute atomic E-state index is 0.0823. The SMILES string of the molecule is CCOc1ccc(C(=O)NC(=S)Nc2ccc(S(=O)(=O)Nc3ccc(C)c(C)c3)cc2)cc1Br. The lowest BCUT2D eigenvalue weighted by molar-refractivity contribution is 0.0977. The third-order valence-corrected chi connectivity index (χ3v) is 7.12. The first kappa shape index (κ1) is 25.7. The van der Waals surface area contributed by atoms with Gasteiger partial charge in [-0.15, -0.1) is 0 Å². The van der Waals surface area contributed by atoms with Crippen molar-refractivity contribution in [3.8, 4) is 5.75 Å². The number of aryl methyl sites for hydroxylation is 2. The molecule has 34 heavy (non-hydrogen) atoms. The summed E-state index contributed by atoms with van der Waals surface area (Å²) in [7, 11) is -3.75. The zero-order valence-electron chi connectivity index (χ0n) is 18.8. The molecule has 0 saturated carbocycles. The highest BCUT2D eigenvalue weighted by Crippen LogP contribution is 2.26. The molecule has 0 atom stereocenters. The Morgan fingerprint density at radius 3 is 2.26 bits per heavy atom. The number of halogens is 1. The molecule has 0 aliphatic carbocycles. The van der Waals surface area contributed by atoms with Crippen LogP contribution in [0.4, 0.5) is 11.4 Å². The first-order valence-corrected chi connectivity index (χ1v) is 13.0. The predicted molar refractivity (Wildman–Crippen MR) is 142 cm³/mol. The van der Waals surface area contributed by atoms with Gasteiger partial charge in [-0.25, -0.2) is 8.42 Å². The van der Waals surface area contributed by atoms with Crippen LogP contribution in [0.25, 0.3) is 0 Å². The number of hydrogen-bond donors (Lipinski definition) is 3. The highest BCUT2D eigenvalue weighted by atomic mass is 79.9. The summed E-state index contributed by atoms with van der Waals surface area (Å²) < 4.78 is 34.1. The molecule has 0 aliphatic rings. The molecule has 3 aromatic carbocycles. The molecule has 0 saturated heterocycles. The molecule has 10 heteroatoms. The van der Waals surface area contributed by atoms with E-state index < -0.39 is 15.9 Å². The lowest BCUT2D eigenvalue weighted by atomic mass is 10.1. The number of carbonyl (C=O) groups excluding carboxylic acids is 1. The first-order valence-electron chi connectivity index (χ1n) is 10.3. The van der Waals surface area contributed by atoms with Crippen molar-refractivity contribution in [1.82, 2.24) is 5.32 Å². The average molecular weight is 563 g/mol. The summed E-state index contributed by atoms with van der Waals surface area (Å²) in [5.41, 5.74) is 3.50. The van der Waals surface area contributed by atoms with Crippen molar-refractivity contribution in [2.75, 3.05) is 16.6 Å². The van der Waals surface area contributed by atoms with Crippen LogP contribution in [0.3, 0.4) is 0 Å². The van der Waals surface area contributed by atoms with E-state index in [2.05, 4.69) is 31.3 Å². The van der Waals surface area contributed by atoms with E-state index in [1.54, 1.807) is 42.5 Å². The van der Waals surface area contributed by atoms with Gasteiger partial charge in [0.25, 0.3) is 15.9 Å². The number of thiocarbonyl (C=S) groups is 1. The van der Waals surface area contributed by atoms with Gasteiger partial charge in [-0.1, -0.05) is 6.07 Å². The quantitative estimate of drug-likeness (QED) is 0.334. The van der Waals surface area contributed by atoms with Gasteiger partial charge in [0, 0.05) is 16.9 Å². The number of amides is 1. The molecule has 0 spiro atoms. The molecule has 7 nitrogen and oxygen atoms in total. The normalized spacial score (nSPS) is 10.9. The second kappa shape index (κ2) is 11.0. The van der Waals surface area contributed by atoms with Crippen molar-refractivity contribution in [2.45, 2.75) is 25.7 Å². The Balaban J connectivity index is 1.62. The molecule has 0 unspecified atom stereocenters. The molecule has 0 aliphatic heterocycles. The molecule has 0 aromatic heterocycles. The van der Waals surface area contributed by atoms with Crippen LogP contribution in [0.2, 0.25) is 0 Å². The third-order valence-electron chi connectivity index (χ3n) is 4.90. The number of benzene rings is 3. The van der Waals surface area contributed by atoms with Gasteiger partial charge in [0.1, 0.15) is 5.75 Å². The number of ether oxygens (including phenoxy) is 1. The summed E-state index contributed by atoms with van der Waals surface area (Å²) in [4.78, 5) is 12.6. The number of hydrogen-bond acceptors (Lipinski definition) is 5. The summed E-state index contributed by atoms with van der Waals surface area (Å²) in [6, 6.07) is 16.4.